The second-order valence-corrected chi connectivity index (χ2v) is 7.26. The molecule has 0 saturated carbocycles. The van der Waals surface area contributed by atoms with Crippen LogP contribution in [0.5, 0.6) is 0 Å². The van der Waals surface area contributed by atoms with Crippen molar-refractivity contribution in [2.45, 2.75) is 65.6 Å². The molecule has 2 aromatic rings. The molecule has 0 radical (unpaired) electrons. The van der Waals surface area contributed by atoms with Gasteiger partial charge in [-0.1, -0.05) is 63.6 Å². The Kier molecular flexibility index (Phi) is 8.31. The zero-order valence-corrected chi connectivity index (χ0v) is 16.6. The van der Waals surface area contributed by atoms with Gasteiger partial charge < -0.3 is 9.47 Å². The molecule has 1 atom stereocenters. The number of fused-ring (bicyclic) bond motifs is 1. The first-order valence-electron chi connectivity index (χ1n) is 9.82. The summed E-state index contributed by atoms with van der Waals surface area (Å²) in [6.45, 7) is 6.43. The summed E-state index contributed by atoms with van der Waals surface area (Å²) in [5, 5.41) is 2.29. The van der Waals surface area contributed by atoms with Crippen LogP contribution in [0.25, 0.3) is 10.8 Å². The van der Waals surface area contributed by atoms with Crippen molar-refractivity contribution in [2.75, 3.05) is 0 Å². The minimum absolute atomic E-state index is 0.0395. The van der Waals surface area contributed by atoms with Crippen molar-refractivity contribution in [3.8, 4) is 0 Å². The Bertz CT molecular complexity index is 751. The Morgan fingerprint density at radius 2 is 1.67 bits per heavy atom. The lowest BCUT2D eigenvalue weighted by atomic mass is 10.0. The molecule has 146 valence electrons. The number of carbonyl (C=O) groups is 2. The molecule has 27 heavy (non-hydrogen) atoms. The molecule has 0 saturated heterocycles. The summed E-state index contributed by atoms with van der Waals surface area (Å²) >= 11 is 0. The summed E-state index contributed by atoms with van der Waals surface area (Å²) in [7, 11) is 0. The first-order valence-corrected chi connectivity index (χ1v) is 9.82. The van der Waals surface area contributed by atoms with Gasteiger partial charge in [-0.05, 0) is 41.2 Å². The summed E-state index contributed by atoms with van der Waals surface area (Å²) in [6.07, 6.45) is 2.74. The van der Waals surface area contributed by atoms with E-state index in [1.165, 1.54) is 0 Å². The molecule has 2 rings (SSSR count). The van der Waals surface area contributed by atoms with Crippen molar-refractivity contribution in [3.63, 3.8) is 0 Å². The molecular formula is C23H30O4. The smallest absolute Gasteiger partial charge is 0.306 e. The zero-order chi connectivity index (χ0) is 19.6. The molecule has 4 nitrogen and oxygen atoms in total. The monoisotopic (exact) mass is 370 g/mol. The van der Waals surface area contributed by atoms with Crippen molar-refractivity contribution >= 4 is 22.7 Å². The number of ether oxygens (including phenoxy) is 2. The minimum atomic E-state index is -0.287. The van der Waals surface area contributed by atoms with Crippen LogP contribution in [0.4, 0.5) is 0 Å². The first kappa shape index (κ1) is 20.9. The zero-order valence-electron chi connectivity index (χ0n) is 16.6. The Morgan fingerprint density at radius 1 is 0.963 bits per heavy atom. The van der Waals surface area contributed by atoms with Gasteiger partial charge in [-0.15, -0.1) is 0 Å². The van der Waals surface area contributed by atoms with Crippen LogP contribution in [-0.2, 0) is 25.7 Å². The lowest BCUT2D eigenvalue weighted by molar-refractivity contribution is -0.152. The first-order chi connectivity index (χ1) is 13.0. The van der Waals surface area contributed by atoms with E-state index in [4.69, 9.17) is 9.47 Å². The lowest BCUT2D eigenvalue weighted by Gasteiger charge is -2.20. The minimum Gasteiger partial charge on any atom is -0.462 e. The van der Waals surface area contributed by atoms with Gasteiger partial charge in [0.25, 0.3) is 0 Å². The highest BCUT2D eigenvalue weighted by molar-refractivity contribution is 5.83. The normalized spacial score (nSPS) is 12.1. The van der Waals surface area contributed by atoms with E-state index in [0.717, 1.165) is 29.2 Å². The average Bonchev–Trinajstić information content (AvgIpc) is 2.65. The summed E-state index contributed by atoms with van der Waals surface area (Å²) in [4.78, 5) is 23.9. The fourth-order valence-corrected chi connectivity index (χ4v) is 2.98. The SMILES string of the molecule is CCCC(OC(=O)CCCC(=O)OCc1ccc2ccccc2c1)C(C)C. The molecule has 0 aliphatic heterocycles. The molecular weight excluding hydrogens is 340 g/mol. The fourth-order valence-electron chi connectivity index (χ4n) is 2.98. The van der Waals surface area contributed by atoms with Gasteiger partial charge in [-0.3, -0.25) is 9.59 Å². The third-order valence-electron chi connectivity index (χ3n) is 4.58. The maximum absolute atomic E-state index is 11.9. The molecule has 4 heteroatoms. The van der Waals surface area contributed by atoms with Crippen LogP contribution in [0, 0.1) is 5.92 Å². The molecule has 0 bridgehead atoms. The largest absolute Gasteiger partial charge is 0.462 e. The van der Waals surface area contributed by atoms with E-state index in [1.54, 1.807) is 0 Å². The second kappa shape index (κ2) is 10.7. The Labute approximate surface area is 161 Å². The molecule has 0 fully saturated rings. The van der Waals surface area contributed by atoms with E-state index in [1.807, 2.05) is 36.4 Å². The third kappa shape index (κ3) is 7.05. The number of carbonyl (C=O) groups excluding carboxylic acids is 2. The third-order valence-corrected chi connectivity index (χ3v) is 4.58. The number of esters is 2. The number of rotatable bonds is 10. The van der Waals surface area contributed by atoms with Gasteiger partial charge in [-0.25, -0.2) is 0 Å². The molecule has 0 aliphatic carbocycles. The standard InChI is InChI=1S/C23H30O4/c1-4-8-21(17(2)3)27-23(25)12-7-11-22(24)26-16-18-13-14-19-9-5-6-10-20(19)15-18/h5-6,9-10,13-15,17,21H,4,7-8,11-12,16H2,1-3H3. The Morgan fingerprint density at radius 3 is 2.37 bits per heavy atom. The van der Waals surface area contributed by atoms with Crippen LogP contribution in [0.3, 0.4) is 0 Å². The molecule has 0 N–H and O–H groups in total. The summed E-state index contributed by atoms with van der Waals surface area (Å²) < 4.78 is 10.8. The topological polar surface area (TPSA) is 52.6 Å². The van der Waals surface area contributed by atoms with Gasteiger partial charge in [0.2, 0.25) is 0 Å². The van der Waals surface area contributed by atoms with Crippen LogP contribution in [0.2, 0.25) is 0 Å². The highest BCUT2D eigenvalue weighted by atomic mass is 16.5. The van der Waals surface area contributed by atoms with Gasteiger partial charge >= 0.3 is 11.9 Å². The Balaban J connectivity index is 1.70. The van der Waals surface area contributed by atoms with Gasteiger partial charge in [0, 0.05) is 12.8 Å². The Hall–Kier alpha value is -2.36. The van der Waals surface area contributed by atoms with Crippen LogP contribution < -0.4 is 0 Å². The van der Waals surface area contributed by atoms with E-state index in [-0.39, 0.29) is 37.5 Å². The van der Waals surface area contributed by atoms with E-state index in [2.05, 4.69) is 26.8 Å². The molecule has 0 spiro atoms. The molecule has 1 unspecified atom stereocenters. The van der Waals surface area contributed by atoms with E-state index in [9.17, 15) is 9.59 Å². The van der Waals surface area contributed by atoms with Gasteiger partial charge in [0.1, 0.15) is 12.7 Å². The maximum atomic E-state index is 11.9. The maximum Gasteiger partial charge on any atom is 0.306 e. The predicted molar refractivity (Wildman–Crippen MR) is 107 cm³/mol. The van der Waals surface area contributed by atoms with Crippen molar-refractivity contribution in [2.24, 2.45) is 5.92 Å². The lowest BCUT2D eigenvalue weighted by Crippen LogP contribution is -2.23. The summed E-state index contributed by atoms with van der Waals surface area (Å²) in [6, 6.07) is 14.1. The van der Waals surface area contributed by atoms with Crippen molar-refractivity contribution in [1.29, 1.82) is 0 Å². The van der Waals surface area contributed by atoms with Crippen molar-refractivity contribution in [3.05, 3.63) is 48.0 Å². The van der Waals surface area contributed by atoms with Gasteiger partial charge in [0.15, 0.2) is 0 Å². The van der Waals surface area contributed by atoms with Gasteiger partial charge in [0.05, 0.1) is 0 Å². The van der Waals surface area contributed by atoms with Crippen LogP contribution >= 0.6 is 0 Å². The molecule has 0 aromatic heterocycles. The quantitative estimate of drug-likeness (QED) is 0.524. The van der Waals surface area contributed by atoms with Crippen LogP contribution in [0.15, 0.2) is 42.5 Å². The summed E-state index contributed by atoms with van der Waals surface area (Å²) in [5.74, 6) is -0.213. The van der Waals surface area contributed by atoms with Crippen LogP contribution in [0.1, 0.15) is 58.4 Å². The molecule has 0 amide bonds. The van der Waals surface area contributed by atoms with E-state index in [0.29, 0.717) is 12.3 Å². The average molecular weight is 370 g/mol. The van der Waals surface area contributed by atoms with Crippen LogP contribution in [-0.4, -0.2) is 18.0 Å². The predicted octanol–water partition coefficient (Wildman–Crippen LogP) is 5.42. The van der Waals surface area contributed by atoms with Crippen molar-refractivity contribution in [1.82, 2.24) is 0 Å². The molecule has 2 aromatic carbocycles. The molecule has 0 aliphatic rings. The van der Waals surface area contributed by atoms with E-state index < -0.39 is 0 Å². The summed E-state index contributed by atoms with van der Waals surface area (Å²) in [5.41, 5.74) is 0.959. The van der Waals surface area contributed by atoms with Gasteiger partial charge in [-0.2, -0.15) is 0 Å². The number of benzene rings is 2. The second-order valence-electron chi connectivity index (χ2n) is 7.26. The highest BCUT2D eigenvalue weighted by Gasteiger charge is 2.17. The fraction of sp³-hybridized carbons (Fsp3) is 0.478. The highest BCUT2D eigenvalue weighted by Crippen LogP contribution is 2.17. The molecule has 0 heterocycles. The number of hydrogen-bond donors (Lipinski definition) is 0. The van der Waals surface area contributed by atoms with E-state index >= 15 is 0 Å². The van der Waals surface area contributed by atoms with Crippen molar-refractivity contribution < 1.29 is 19.1 Å². The number of hydrogen-bond acceptors (Lipinski definition) is 4.